The Morgan fingerprint density at radius 3 is 2.84 bits per heavy atom. The number of hydrogen-bond donors (Lipinski definition) is 1. The number of aryl methyl sites for hydroxylation is 1. The van der Waals surface area contributed by atoms with E-state index in [2.05, 4.69) is 10.4 Å². The average molecular weight is 472 g/mol. The molecule has 1 amide bonds. The van der Waals surface area contributed by atoms with Gasteiger partial charge in [-0.25, -0.2) is 0 Å². The van der Waals surface area contributed by atoms with Crippen molar-refractivity contribution in [2.24, 2.45) is 0 Å². The summed E-state index contributed by atoms with van der Waals surface area (Å²) < 4.78 is 7.56. The fourth-order valence-electron chi connectivity index (χ4n) is 3.00. The van der Waals surface area contributed by atoms with Gasteiger partial charge in [-0.15, -0.1) is 11.3 Å². The lowest BCUT2D eigenvalue weighted by molar-refractivity contribution is 0.103. The Hall–Kier alpha value is -2.80. The van der Waals surface area contributed by atoms with Crippen LogP contribution in [0.15, 0.2) is 66.3 Å². The number of nitrogens with one attached hydrogen (secondary N) is 1. The maximum atomic E-state index is 12.7. The van der Waals surface area contributed by atoms with Crippen LogP contribution in [-0.2, 0) is 13.2 Å². The van der Waals surface area contributed by atoms with Crippen molar-refractivity contribution in [1.82, 2.24) is 9.78 Å². The summed E-state index contributed by atoms with van der Waals surface area (Å²) in [4.78, 5) is 13.3. The Balaban J connectivity index is 1.37. The van der Waals surface area contributed by atoms with Gasteiger partial charge in [-0.05, 0) is 53.8 Å². The minimum Gasteiger partial charge on any atom is -0.487 e. The number of ether oxygens (including phenoxy) is 1. The Bertz CT molecular complexity index is 1220. The molecule has 4 rings (SSSR count). The fraction of sp³-hybridized carbons (Fsp3) is 0.130. The van der Waals surface area contributed by atoms with E-state index < -0.39 is 0 Å². The van der Waals surface area contributed by atoms with Crippen LogP contribution in [0, 0.1) is 6.92 Å². The first-order valence-electron chi connectivity index (χ1n) is 9.51. The van der Waals surface area contributed by atoms with E-state index in [9.17, 15) is 4.79 Å². The van der Waals surface area contributed by atoms with Crippen LogP contribution in [0.5, 0.6) is 5.75 Å². The van der Waals surface area contributed by atoms with Gasteiger partial charge in [-0.3, -0.25) is 9.48 Å². The average Bonchev–Trinajstić information content (AvgIpc) is 3.38. The zero-order chi connectivity index (χ0) is 21.8. The lowest BCUT2D eigenvalue weighted by Gasteiger charge is -2.08. The van der Waals surface area contributed by atoms with E-state index in [0.29, 0.717) is 33.8 Å². The number of thiophene rings is 1. The van der Waals surface area contributed by atoms with Crippen LogP contribution in [-0.4, -0.2) is 15.7 Å². The summed E-state index contributed by atoms with van der Waals surface area (Å²) in [5, 5.41) is 10.2. The summed E-state index contributed by atoms with van der Waals surface area (Å²) in [6, 6.07) is 15.1. The van der Waals surface area contributed by atoms with E-state index in [1.165, 1.54) is 11.3 Å². The number of hydrogen-bond acceptors (Lipinski definition) is 4. The van der Waals surface area contributed by atoms with E-state index in [1.54, 1.807) is 17.1 Å². The molecule has 2 aromatic heterocycles. The first-order chi connectivity index (χ1) is 15.0. The molecule has 0 atom stereocenters. The lowest BCUT2D eigenvalue weighted by Crippen LogP contribution is -2.10. The summed E-state index contributed by atoms with van der Waals surface area (Å²) in [7, 11) is 0. The van der Waals surface area contributed by atoms with E-state index in [0.717, 1.165) is 22.4 Å². The summed E-state index contributed by atoms with van der Waals surface area (Å²) in [5.41, 5.74) is 3.71. The highest BCUT2D eigenvalue weighted by Gasteiger charge is 2.11. The smallest absolute Gasteiger partial charge is 0.265 e. The van der Waals surface area contributed by atoms with Gasteiger partial charge in [-0.2, -0.15) is 5.10 Å². The zero-order valence-corrected chi connectivity index (χ0v) is 19.0. The molecule has 0 bridgehead atoms. The van der Waals surface area contributed by atoms with Crippen molar-refractivity contribution in [3.63, 3.8) is 0 Å². The van der Waals surface area contributed by atoms with E-state index >= 15 is 0 Å². The number of rotatable bonds is 7. The van der Waals surface area contributed by atoms with Crippen molar-refractivity contribution in [2.45, 2.75) is 20.1 Å². The Morgan fingerprint density at radius 1 is 1.16 bits per heavy atom. The molecule has 5 nitrogen and oxygen atoms in total. The molecule has 0 unspecified atom stereocenters. The van der Waals surface area contributed by atoms with E-state index in [1.807, 2.05) is 60.8 Å². The second kappa shape index (κ2) is 9.56. The molecule has 0 saturated carbocycles. The highest BCUT2D eigenvalue weighted by atomic mass is 35.5. The molecule has 0 aliphatic carbocycles. The molecule has 0 spiro atoms. The number of anilines is 1. The Kier molecular flexibility index (Phi) is 6.61. The van der Waals surface area contributed by atoms with Gasteiger partial charge in [-0.1, -0.05) is 41.4 Å². The van der Waals surface area contributed by atoms with Gasteiger partial charge in [0.1, 0.15) is 12.4 Å². The van der Waals surface area contributed by atoms with Crippen LogP contribution in [0.25, 0.3) is 0 Å². The third kappa shape index (κ3) is 5.67. The third-order valence-electron chi connectivity index (χ3n) is 4.49. The minimum atomic E-state index is -0.163. The monoisotopic (exact) mass is 471 g/mol. The van der Waals surface area contributed by atoms with Crippen molar-refractivity contribution in [3.8, 4) is 5.75 Å². The Morgan fingerprint density at radius 2 is 2.03 bits per heavy atom. The largest absolute Gasteiger partial charge is 0.487 e. The molecule has 0 aliphatic rings. The minimum absolute atomic E-state index is 0.163. The first-order valence-corrected chi connectivity index (χ1v) is 11.1. The number of aromatic nitrogens is 2. The van der Waals surface area contributed by atoms with Crippen molar-refractivity contribution in [3.05, 3.63) is 97.9 Å². The summed E-state index contributed by atoms with van der Waals surface area (Å²) in [6.45, 7) is 2.89. The number of halogens is 2. The van der Waals surface area contributed by atoms with Gasteiger partial charge in [0.15, 0.2) is 0 Å². The summed E-state index contributed by atoms with van der Waals surface area (Å²) in [6.07, 6.45) is 3.35. The molecular formula is C23H19Cl2N3O2S. The van der Waals surface area contributed by atoms with Crippen LogP contribution >= 0.6 is 34.5 Å². The molecular weight excluding hydrogens is 453 g/mol. The summed E-state index contributed by atoms with van der Waals surface area (Å²) >= 11 is 13.5. The second-order valence-corrected chi connectivity index (χ2v) is 8.81. The van der Waals surface area contributed by atoms with Gasteiger partial charge in [0, 0.05) is 17.4 Å². The van der Waals surface area contributed by atoms with Crippen LogP contribution in [0.1, 0.15) is 26.4 Å². The van der Waals surface area contributed by atoms with Crippen LogP contribution in [0.2, 0.25) is 10.0 Å². The topological polar surface area (TPSA) is 56.1 Å². The highest BCUT2D eigenvalue weighted by Crippen LogP contribution is 2.27. The van der Waals surface area contributed by atoms with Crippen LogP contribution in [0.4, 0.5) is 5.69 Å². The van der Waals surface area contributed by atoms with E-state index in [-0.39, 0.29) is 5.91 Å². The van der Waals surface area contributed by atoms with Gasteiger partial charge in [0.05, 0.1) is 27.7 Å². The van der Waals surface area contributed by atoms with E-state index in [4.69, 9.17) is 27.9 Å². The molecule has 0 fully saturated rings. The predicted octanol–water partition coefficient (Wildman–Crippen LogP) is 6.44. The second-order valence-electron chi connectivity index (χ2n) is 7.05. The predicted molar refractivity (Wildman–Crippen MR) is 126 cm³/mol. The van der Waals surface area contributed by atoms with Crippen LogP contribution < -0.4 is 10.1 Å². The molecule has 0 aliphatic heterocycles. The van der Waals surface area contributed by atoms with Crippen molar-refractivity contribution in [1.29, 1.82) is 0 Å². The molecule has 0 radical (unpaired) electrons. The lowest BCUT2D eigenvalue weighted by atomic mass is 10.2. The molecule has 31 heavy (non-hydrogen) atoms. The zero-order valence-electron chi connectivity index (χ0n) is 16.6. The summed E-state index contributed by atoms with van der Waals surface area (Å²) in [5.74, 6) is 0.471. The third-order valence-corrected chi connectivity index (χ3v) is 5.97. The van der Waals surface area contributed by atoms with Crippen molar-refractivity contribution >= 4 is 46.1 Å². The van der Waals surface area contributed by atoms with Gasteiger partial charge in [0.2, 0.25) is 0 Å². The molecule has 158 valence electrons. The Labute approximate surface area is 194 Å². The highest BCUT2D eigenvalue weighted by molar-refractivity contribution is 7.12. The molecule has 2 heterocycles. The fourth-order valence-corrected chi connectivity index (χ4v) is 4.12. The number of nitrogens with zero attached hydrogens (tertiary/aromatic N) is 2. The number of carbonyl (C=O) groups is 1. The van der Waals surface area contributed by atoms with Gasteiger partial charge >= 0.3 is 0 Å². The van der Waals surface area contributed by atoms with Crippen molar-refractivity contribution < 1.29 is 9.53 Å². The number of benzene rings is 2. The molecule has 8 heteroatoms. The normalized spacial score (nSPS) is 10.8. The van der Waals surface area contributed by atoms with Gasteiger partial charge < -0.3 is 10.1 Å². The van der Waals surface area contributed by atoms with Crippen molar-refractivity contribution in [2.75, 3.05) is 5.32 Å². The quantitative estimate of drug-likeness (QED) is 0.337. The number of carbonyl (C=O) groups excluding carboxylic acids is 1. The standard InChI is InChI=1S/C23H19Cl2N3O2S/c1-15-5-6-20(25)21(7-15)30-13-17-9-22(31-14-17)23(29)27-19-4-2-3-16(8-19)11-28-12-18(24)10-26-28/h2-10,12,14H,11,13H2,1H3,(H,27,29). The molecule has 1 N–H and O–H groups in total. The molecule has 4 aromatic rings. The molecule has 0 saturated heterocycles. The maximum absolute atomic E-state index is 12.7. The maximum Gasteiger partial charge on any atom is 0.265 e. The SMILES string of the molecule is Cc1ccc(Cl)c(OCc2csc(C(=O)Nc3cccc(Cn4cc(Cl)cn4)c3)c2)c1. The number of amides is 1. The van der Waals surface area contributed by atoms with Gasteiger partial charge in [0.25, 0.3) is 5.91 Å². The first kappa shape index (κ1) is 21.4. The molecule has 2 aromatic carbocycles. The van der Waals surface area contributed by atoms with Crippen LogP contribution in [0.3, 0.4) is 0 Å².